The second-order valence-electron chi connectivity index (χ2n) is 4.74. The number of aliphatic hydroxyl groups is 1. The molecule has 3 N–H and O–H groups in total. The standard InChI is InChI=1S/C15H16N2O3/c1-15(10-18,11-6-3-2-4-7-11)17-14(20)12-8-5-9-13(19)16-12/h2-9,18H,10H2,1H3,(H,16,19)(H,17,20). The number of aromatic amines is 1. The van der Waals surface area contributed by atoms with E-state index in [0.29, 0.717) is 0 Å². The van der Waals surface area contributed by atoms with E-state index in [1.807, 2.05) is 30.3 Å². The summed E-state index contributed by atoms with van der Waals surface area (Å²) in [6, 6.07) is 13.5. The Morgan fingerprint density at radius 3 is 2.50 bits per heavy atom. The van der Waals surface area contributed by atoms with Gasteiger partial charge in [0.2, 0.25) is 5.56 Å². The third kappa shape index (κ3) is 2.95. The van der Waals surface area contributed by atoms with Crippen LogP contribution in [0.1, 0.15) is 23.0 Å². The van der Waals surface area contributed by atoms with Crippen molar-refractivity contribution in [3.63, 3.8) is 0 Å². The number of carbonyl (C=O) groups is 1. The van der Waals surface area contributed by atoms with Crippen molar-refractivity contribution in [1.82, 2.24) is 10.3 Å². The molecule has 5 nitrogen and oxygen atoms in total. The van der Waals surface area contributed by atoms with Gasteiger partial charge >= 0.3 is 0 Å². The SMILES string of the molecule is CC(CO)(NC(=O)c1cccc(=O)[nH]1)c1ccccc1. The third-order valence-electron chi connectivity index (χ3n) is 3.13. The number of rotatable bonds is 4. The van der Waals surface area contributed by atoms with Crippen LogP contribution in [0.2, 0.25) is 0 Å². The first-order valence-electron chi connectivity index (χ1n) is 6.23. The van der Waals surface area contributed by atoms with Gasteiger partial charge in [0.15, 0.2) is 0 Å². The van der Waals surface area contributed by atoms with Gasteiger partial charge in [-0.05, 0) is 18.6 Å². The lowest BCUT2D eigenvalue weighted by Gasteiger charge is -2.29. The highest BCUT2D eigenvalue weighted by molar-refractivity contribution is 5.92. The van der Waals surface area contributed by atoms with E-state index in [1.165, 1.54) is 18.2 Å². The van der Waals surface area contributed by atoms with E-state index < -0.39 is 11.4 Å². The van der Waals surface area contributed by atoms with Crippen LogP contribution in [0.3, 0.4) is 0 Å². The van der Waals surface area contributed by atoms with E-state index in [0.717, 1.165) is 5.56 Å². The Morgan fingerprint density at radius 1 is 1.20 bits per heavy atom. The number of benzene rings is 1. The van der Waals surface area contributed by atoms with Gasteiger partial charge in [-0.15, -0.1) is 0 Å². The number of amides is 1. The van der Waals surface area contributed by atoms with Crippen LogP contribution in [0.15, 0.2) is 53.3 Å². The monoisotopic (exact) mass is 272 g/mol. The molecular formula is C15H16N2O3. The maximum atomic E-state index is 12.2. The van der Waals surface area contributed by atoms with Gasteiger partial charge < -0.3 is 15.4 Å². The Morgan fingerprint density at radius 2 is 1.90 bits per heavy atom. The second kappa shape index (κ2) is 5.71. The van der Waals surface area contributed by atoms with Crippen LogP contribution in [-0.4, -0.2) is 22.6 Å². The molecule has 0 fully saturated rings. The van der Waals surface area contributed by atoms with Crippen LogP contribution in [0.5, 0.6) is 0 Å². The fraction of sp³-hybridized carbons (Fsp3) is 0.200. The van der Waals surface area contributed by atoms with Crippen molar-refractivity contribution in [2.75, 3.05) is 6.61 Å². The fourth-order valence-corrected chi connectivity index (χ4v) is 1.91. The summed E-state index contributed by atoms with van der Waals surface area (Å²) in [5, 5.41) is 12.3. The number of H-pyrrole nitrogens is 1. The van der Waals surface area contributed by atoms with Crippen LogP contribution in [0, 0.1) is 0 Å². The quantitative estimate of drug-likeness (QED) is 0.777. The molecule has 2 rings (SSSR count). The summed E-state index contributed by atoms with van der Waals surface area (Å²) in [6.45, 7) is 1.47. The summed E-state index contributed by atoms with van der Waals surface area (Å²) < 4.78 is 0. The molecule has 0 aliphatic heterocycles. The number of hydrogen-bond donors (Lipinski definition) is 3. The van der Waals surface area contributed by atoms with Gasteiger partial charge in [-0.1, -0.05) is 36.4 Å². The zero-order valence-corrected chi connectivity index (χ0v) is 11.1. The average Bonchev–Trinajstić information content (AvgIpc) is 2.48. The summed E-state index contributed by atoms with van der Waals surface area (Å²) in [5.41, 5.74) is -0.310. The third-order valence-corrected chi connectivity index (χ3v) is 3.13. The molecule has 1 atom stereocenters. The highest BCUT2D eigenvalue weighted by atomic mass is 16.3. The van der Waals surface area contributed by atoms with E-state index in [2.05, 4.69) is 10.3 Å². The zero-order chi connectivity index (χ0) is 14.6. The maximum absolute atomic E-state index is 12.2. The Hall–Kier alpha value is -2.40. The van der Waals surface area contributed by atoms with Gasteiger partial charge in [0, 0.05) is 6.07 Å². The molecule has 5 heteroatoms. The fourth-order valence-electron chi connectivity index (χ4n) is 1.91. The number of carbonyl (C=O) groups excluding carboxylic acids is 1. The molecule has 1 amide bonds. The zero-order valence-electron chi connectivity index (χ0n) is 11.1. The first-order chi connectivity index (χ1) is 9.55. The number of pyridine rings is 1. The van der Waals surface area contributed by atoms with Gasteiger partial charge in [-0.3, -0.25) is 9.59 Å². The Bertz CT molecular complexity index is 651. The molecule has 0 saturated heterocycles. The number of hydrogen-bond acceptors (Lipinski definition) is 3. The molecule has 0 radical (unpaired) electrons. The first kappa shape index (κ1) is 14.0. The number of aliphatic hydroxyl groups excluding tert-OH is 1. The second-order valence-corrected chi connectivity index (χ2v) is 4.74. The summed E-state index contributed by atoms with van der Waals surface area (Å²) in [4.78, 5) is 25.8. The minimum atomic E-state index is -0.912. The predicted molar refractivity (Wildman–Crippen MR) is 75.4 cm³/mol. The molecule has 0 bridgehead atoms. The van der Waals surface area contributed by atoms with E-state index in [-0.39, 0.29) is 17.9 Å². The van der Waals surface area contributed by atoms with Gasteiger partial charge in [-0.2, -0.15) is 0 Å². The molecule has 20 heavy (non-hydrogen) atoms. The molecule has 1 heterocycles. The first-order valence-corrected chi connectivity index (χ1v) is 6.23. The summed E-state index contributed by atoms with van der Waals surface area (Å²) in [7, 11) is 0. The molecule has 0 spiro atoms. The van der Waals surface area contributed by atoms with Crippen molar-refractivity contribution in [2.24, 2.45) is 0 Å². The van der Waals surface area contributed by atoms with Crippen LogP contribution >= 0.6 is 0 Å². The topological polar surface area (TPSA) is 82.2 Å². The van der Waals surface area contributed by atoms with E-state index >= 15 is 0 Å². The Balaban J connectivity index is 2.26. The van der Waals surface area contributed by atoms with E-state index in [4.69, 9.17) is 0 Å². The smallest absolute Gasteiger partial charge is 0.268 e. The highest BCUT2D eigenvalue weighted by Gasteiger charge is 2.28. The summed E-state index contributed by atoms with van der Waals surface area (Å²) in [6.07, 6.45) is 0. The Labute approximate surface area is 116 Å². The Kier molecular flexibility index (Phi) is 4.00. The van der Waals surface area contributed by atoms with Crippen molar-refractivity contribution in [1.29, 1.82) is 0 Å². The van der Waals surface area contributed by atoms with Crippen LogP contribution in [0.4, 0.5) is 0 Å². The predicted octanol–water partition coefficient (Wildman–Crippen LogP) is 1.01. The number of aromatic nitrogens is 1. The van der Waals surface area contributed by atoms with E-state index in [1.54, 1.807) is 6.92 Å². The van der Waals surface area contributed by atoms with Crippen molar-refractivity contribution in [3.8, 4) is 0 Å². The van der Waals surface area contributed by atoms with E-state index in [9.17, 15) is 14.7 Å². The lowest BCUT2D eigenvalue weighted by atomic mass is 9.92. The highest BCUT2D eigenvalue weighted by Crippen LogP contribution is 2.20. The maximum Gasteiger partial charge on any atom is 0.268 e. The van der Waals surface area contributed by atoms with Crippen LogP contribution < -0.4 is 10.9 Å². The van der Waals surface area contributed by atoms with Gasteiger partial charge in [0.05, 0.1) is 12.1 Å². The normalized spacial score (nSPS) is 13.5. The average molecular weight is 272 g/mol. The molecule has 1 aromatic carbocycles. The molecule has 0 saturated carbocycles. The molecular weight excluding hydrogens is 256 g/mol. The molecule has 1 aromatic heterocycles. The van der Waals surface area contributed by atoms with Crippen molar-refractivity contribution >= 4 is 5.91 Å². The van der Waals surface area contributed by atoms with Gasteiger partial charge in [0.25, 0.3) is 5.91 Å². The minimum Gasteiger partial charge on any atom is -0.394 e. The summed E-state index contributed by atoms with van der Waals surface area (Å²) in [5.74, 6) is -0.442. The van der Waals surface area contributed by atoms with Gasteiger partial charge in [-0.25, -0.2) is 0 Å². The minimum absolute atomic E-state index is 0.160. The van der Waals surface area contributed by atoms with Crippen molar-refractivity contribution in [2.45, 2.75) is 12.5 Å². The van der Waals surface area contributed by atoms with Crippen molar-refractivity contribution in [3.05, 3.63) is 70.1 Å². The summed E-state index contributed by atoms with van der Waals surface area (Å²) >= 11 is 0. The lowest BCUT2D eigenvalue weighted by molar-refractivity contribution is 0.0844. The van der Waals surface area contributed by atoms with Gasteiger partial charge in [0.1, 0.15) is 5.69 Å². The molecule has 0 aliphatic carbocycles. The molecule has 0 aliphatic rings. The van der Waals surface area contributed by atoms with Crippen molar-refractivity contribution < 1.29 is 9.90 Å². The number of nitrogens with one attached hydrogen (secondary N) is 2. The molecule has 2 aromatic rings. The van der Waals surface area contributed by atoms with Crippen LogP contribution in [0.25, 0.3) is 0 Å². The largest absolute Gasteiger partial charge is 0.394 e. The van der Waals surface area contributed by atoms with Crippen LogP contribution in [-0.2, 0) is 5.54 Å². The molecule has 104 valence electrons. The molecule has 1 unspecified atom stereocenters. The lowest BCUT2D eigenvalue weighted by Crippen LogP contribution is -2.46.